The molecule has 0 aliphatic carbocycles. The van der Waals surface area contributed by atoms with Crippen LogP contribution in [0.1, 0.15) is 47.8 Å². The number of carbonyl (C=O) groups is 1. The number of likely N-dealkylation sites (tertiary alicyclic amines) is 1. The molecular weight excluding hydrogens is 336 g/mol. The van der Waals surface area contributed by atoms with Gasteiger partial charge >= 0.3 is 0 Å². The van der Waals surface area contributed by atoms with Crippen molar-refractivity contribution in [2.75, 3.05) is 19.6 Å². The van der Waals surface area contributed by atoms with E-state index in [0.29, 0.717) is 6.54 Å². The number of benzene rings is 1. The van der Waals surface area contributed by atoms with E-state index >= 15 is 0 Å². The number of aryl methyl sites for hydroxylation is 1. The first-order chi connectivity index (χ1) is 12.6. The number of hydrogen-bond donors (Lipinski definition) is 1. The van der Waals surface area contributed by atoms with Gasteiger partial charge in [-0.05, 0) is 50.2 Å². The summed E-state index contributed by atoms with van der Waals surface area (Å²) in [4.78, 5) is 14.7. The third kappa shape index (κ3) is 4.12. The first-order valence-electron chi connectivity index (χ1n) is 9.15. The highest BCUT2D eigenvalue weighted by molar-refractivity contribution is 5.94. The highest BCUT2D eigenvalue weighted by Crippen LogP contribution is 2.24. The number of rotatable bonds is 5. The van der Waals surface area contributed by atoms with E-state index in [4.69, 9.17) is 0 Å². The fourth-order valence-electron chi connectivity index (χ4n) is 3.64. The summed E-state index contributed by atoms with van der Waals surface area (Å²) in [7, 11) is 1.97. The van der Waals surface area contributed by atoms with Gasteiger partial charge in [-0.3, -0.25) is 9.69 Å². The van der Waals surface area contributed by atoms with Gasteiger partial charge in [0.2, 0.25) is 0 Å². The fraction of sp³-hybridized carbons (Fsp3) is 0.450. The second-order valence-electron chi connectivity index (χ2n) is 6.82. The molecule has 1 fully saturated rings. The topological polar surface area (TPSA) is 37.3 Å². The van der Waals surface area contributed by atoms with E-state index in [1.165, 1.54) is 18.9 Å². The van der Waals surface area contributed by atoms with Crippen LogP contribution in [0.4, 0.5) is 8.78 Å². The Morgan fingerprint density at radius 1 is 1.08 bits per heavy atom. The van der Waals surface area contributed by atoms with E-state index in [1.54, 1.807) is 0 Å². The number of aromatic nitrogens is 1. The van der Waals surface area contributed by atoms with Crippen LogP contribution < -0.4 is 5.32 Å². The van der Waals surface area contributed by atoms with Gasteiger partial charge in [-0.1, -0.05) is 18.9 Å². The van der Waals surface area contributed by atoms with Crippen LogP contribution in [0.2, 0.25) is 0 Å². The maximum Gasteiger partial charge on any atom is 0.257 e. The van der Waals surface area contributed by atoms with Crippen LogP contribution in [-0.4, -0.2) is 35.0 Å². The van der Waals surface area contributed by atoms with Crippen LogP contribution in [0.15, 0.2) is 36.5 Å². The highest BCUT2D eigenvalue weighted by Gasteiger charge is 2.25. The molecule has 1 atom stereocenters. The summed E-state index contributed by atoms with van der Waals surface area (Å²) in [5, 5.41) is 2.74. The second-order valence-corrected chi connectivity index (χ2v) is 6.82. The zero-order valence-corrected chi connectivity index (χ0v) is 15.0. The summed E-state index contributed by atoms with van der Waals surface area (Å²) in [5.74, 6) is -2.39. The minimum absolute atomic E-state index is 0.0214. The minimum atomic E-state index is -0.840. The molecule has 0 saturated carbocycles. The monoisotopic (exact) mass is 361 g/mol. The van der Waals surface area contributed by atoms with E-state index in [0.717, 1.165) is 43.8 Å². The first-order valence-corrected chi connectivity index (χ1v) is 9.15. The van der Waals surface area contributed by atoms with Crippen molar-refractivity contribution in [2.24, 2.45) is 7.05 Å². The molecule has 140 valence electrons. The molecule has 0 radical (unpaired) electrons. The van der Waals surface area contributed by atoms with Gasteiger partial charge in [0.05, 0.1) is 6.04 Å². The molecule has 1 aliphatic rings. The summed E-state index contributed by atoms with van der Waals surface area (Å²) in [6.07, 6.45) is 6.64. The van der Waals surface area contributed by atoms with E-state index in [1.807, 2.05) is 29.9 Å². The lowest BCUT2D eigenvalue weighted by Gasteiger charge is -2.31. The van der Waals surface area contributed by atoms with Crippen molar-refractivity contribution in [1.29, 1.82) is 0 Å². The van der Waals surface area contributed by atoms with E-state index in [-0.39, 0.29) is 6.04 Å². The molecule has 0 spiro atoms. The smallest absolute Gasteiger partial charge is 0.257 e. The SMILES string of the molecule is Cn1cccc1C(CNC(=O)c1c(F)cccc1F)N1CCCCCC1. The van der Waals surface area contributed by atoms with E-state index in [2.05, 4.69) is 10.2 Å². The van der Waals surface area contributed by atoms with Gasteiger partial charge in [0, 0.05) is 25.5 Å². The number of hydrogen-bond acceptors (Lipinski definition) is 2. The van der Waals surface area contributed by atoms with Gasteiger partial charge in [-0.15, -0.1) is 0 Å². The van der Waals surface area contributed by atoms with Crippen molar-refractivity contribution in [1.82, 2.24) is 14.8 Å². The maximum absolute atomic E-state index is 13.9. The van der Waals surface area contributed by atoms with Crippen molar-refractivity contribution < 1.29 is 13.6 Å². The molecule has 26 heavy (non-hydrogen) atoms. The molecule has 3 rings (SSSR count). The summed E-state index contributed by atoms with van der Waals surface area (Å²) >= 11 is 0. The van der Waals surface area contributed by atoms with Crippen molar-refractivity contribution >= 4 is 5.91 Å². The number of carbonyl (C=O) groups excluding carboxylic acids is 1. The molecule has 6 heteroatoms. The third-order valence-electron chi connectivity index (χ3n) is 5.05. The van der Waals surface area contributed by atoms with E-state index < -0.39 is 23.1 Å². The predicted octanol–water partition coefficient (Wildman–Crippen LogP) is 3.65. The molecule has 1 unspecified atom stereocenters. The van der Waals surface area contributed by atoms with Crippen molar-refractivity contribution in [2.45, 2.75) is 31.7 Å². The van der Waals surface area contributed by atoms with Gasteiger partial charge in [-0.25, -0.2) is 8.78 Å². The van der Waals surface area contributed by atoms with Crippen LogP contribution in [0, 0.1) is 11.6 Å². The number of halogens is 2. The molecule has 2 heterocycles. The van der Waals surface area contributed by atoms with Crippen LogP contribution in [0.5, 0.6) is 0 Å². The van der Waals surface area contributed by atoms with Crippen molar-refractivity contribution in [3.05, 3.63) is 59.4 Å². The molecule has 4 nitrogen and oxygen atoms in total. The number of amides is 1. The predicted molar refractivity (Wildman–Crippen MR) is 96.9 cm³/mol. The van der Waals surface area contributed by atoms with Gasteiger partial charge in [0.1, 0.15) is 17.2 Å². The average molecular weight is 361 g/mol. The van der Waals surface area contributed by atoms with Gasteiger partial charge < -0.3 is 9.88 Å². The molecule has 1 aromatic carbocycles. The lowest BCUT2D eigenvalue weighted by atomic mass is 10.1. The zero-order valence-electron chi connectivity index (χ0n) is 15.0. The Hall–Kier alpha value is -2.21. The van der Waals surface area contributed by atoms with Crippen LogP contribution in [0.25, 0.3) is 0 Å². The van der Waals surface area contributed by atoms with Crippen molar-refractivity contribution in [3.63, 3.8) is 0 Å². The standard InChI is InChI=1S/C20H25F2N3O/c1-24-11-7-10-17(24)18(25-12-4-2-3-5-13-25)14-23-20(26)19-15(21)8-6-9-16(19)22/h6-11,18H,2-5,12-14H2,1H3,(H,23,26). The Bertz CT molecular complexity index is 731. The van der Waals surface area contributed by atoms with Crippen LogP contribution in [0.3, 0.4) is 0 Å². The Kier molecular flexibility index (Phi) is 6.04. The summed E-state index contributed by atoms with van der Waals surface area (Å²) in [5.41, 5.74) is 0.565. The quantitative estimate of drug-likeness (QED) is 0.883. The van der Waals surface area contributed by atoms with Gasteiger partial charge in [0.15, 0.2) is 0 Å². The minimum Gasteiger partial charge on any atom is -0.353 e. The Morgan fingerprint density at radius 3 is 2.31 bits per heavy atom. The highest BCUT2D eigenvalue weighted by atomic mass is 19.1. The van der Waals surface area contributed by atoms with Crippen molar-refractivity contribution in [3.8, 4) is 0 Å². The Labute approximate surface area is 152 Å². The van der Waals surface area contributed by atoms with Crippen LogP contribution >= 0.6 is 0 Å². The fourth-order valence-corrected chi connectivity index (χ4v) is 3.64. The molecular formula is C20H25F2N3O. The Balaban J connectivity index is 1.77. The molecule has 1 aromatic heterocycles. The lowest BCUT2D eigenvalue weighted by Crippen LogP contribution is -2.39. The molecule has 1 saturated heterocycles. The van der Waals surface area contributed by atoms with Crippen LogP contribution in [-0.2, 0) is 7.05 Å². The lowest BCUT2D eigenvalue weighted by molar-refractivity contribution is 0.0923. The third-order valence-corrected chi connectivity index (χ3v) is 5.05. The molecule has 1 aliphatic heterocycles. The summed E-state index contributed by atoms with van der Waals surface area (Å²) < 4.78 is 29.7. The number of nitrogens with zero attached hydrogens (tertiary/aromatic N) is 2. The Morgan fingerprint density at radius 2 is 1.73 bits per heavy atom. The first kappa shape index (κ1) is 18.6. The number of nitrogens with one attached hydrogen (secondary N) is 1. The maximum atomic E-state index is 13.9. The molecule has 1 N–H and O–H groups in total. The van der Waals surface area contributed by atoms with Gasteiger partial charge in [0.25, 0.3) is 5.91 Å². The summed E-state index contributed by atoms with van der Waals surface area (Å²) in [6.45, 7) is 2.23. The molecule has 1 amide bonds. The average Bonchev–Trinajstić information content (AvgIpc) is 2.86. The molecule has 0 bridgehead atoms. The summed E-state index contributed by atoms with van der Waals surface area (Å²) in [6, 6.07) is 7.44. The van der Waals surface area contributed by atoms with E-state index in [9.17, 15) is 13.6 Å². The normalized spacial score (nSPS) is 16.9. The van der Waals surface area contributed by atoms with Gasteiger partial charge in [-0.2, -0.15) is 0 Å². The second kappa shape index (κ2) is 8.45. The molecule has 2 aromatic rings. The zero-order chi connectivity index (χ0) is 18.5. The largest absolute Gasteiger partial charge is 0.353 e.